The summed E-state index contributed by atoms with van der Waals surface area (Å²) in [6.45, 7) is 0.488. The second-order valence-electron chi connectivity index (χ2n) is 3.30. The van der Waals surface area contributed by atoms with E-state index in [1.807, 2.05) is 0 Å². The molecule has 2 N–H and O–H groups in total. The van der Waals surface area contributed by atoms with Crippen LogP contribution in [0.5, 0.6) is 0 Å². The van der Waals surface area contributed by atoms with Crippen LogP contribution < -0.4 is 10.9 Å². The molecule has 0 aliphatic rings. The van der Waals surface area contributed by atoms with Gasteiger partial charge < -0.3 is 10.2 Å². The Bertz CT molecular complexity index is 386. The highest BCUT2D eigenvalue weighted by atomic mass is 16.2. The van der Waals surface area contributed by atoms with Gasteiger partial charge >= 0.3 is 0 Å². The molecule has 0 bridgehead atoms. The molecular weight excluding hydrogens is 196 g/mol. The molecule has 1 rings (SSSR count). The third kappa shape index (κ3) is 3.80. The zero-order valence-corrected chi connectivity index (χ0v) is 8.78. The van der Waals surface area contributed by atoms with E-state index < -0.39 is 0 Å². The summed E-state index contributed by atoms with van der Waals surface area (Å²) in [5.74, 6) is 0.0419. The van der Waals surface area contributed by atoms with E-state index in [1.165, 1.54) is 17.2 Å². The Morgan fingerprint density at radius 1 is 1.60 bits per heavy atom. The fraction of sp³-hybridized carbons (Fsp3) is 0.444. The monoisotopic (exact) mass is 210 g/mol. The molecule has 0 saturated heterocycles. The van der Waals surface area contributed by atoms with E-state index >= 15 is 0 Å². The molecule has 0 aliphatic heterocycles. The first-order chi connectivity index (χ1) is 7.09. The van der Waals surface area contributed by atoms with Gasteiger partial charge in [0, 0.05) is 33.1 Å². The molecule has 0 saturated carbocycles. The Kier molecular flexibility index (Phi) is 3.84. The van der Waals surface area contributed by atoms with Gasteiger partial charge in [0.2, 0.25) is 5.91 Å². The van der Waals surface area contributed by atoms with Crippen LogP contribution in [0, 0.1) is 0 Å². The first kappa shape index (κ1) is 11.2. The number of hydrogen-bond donors (Lipinski definition) is 2. The number of amides is 1. The third-order valence-electron chi connectivity index (χ3n) is 1.83. The largest absolute Gasteiger partial charge is 0.383 e. The molecule has 0 aromatic carbocycles. The molecule has 6 nitrogen and oxygen atoms in total. The minimum atomic E-state index is -0.265. The summed E-state index contributed by atoms with van der Waals surface area (Å²) in [5, 5.41) is 8.83. The molecule has 1 amide bonds. The number of nitrogens with zero attached hydrogens (tertiary/aromatic N) is 2. The Labute approximate surface area is 87.3 Å². The van der Waals surface area contributed by atoms with Crippen molar-refractivity contribution in [3.05, 3.63) is 22.6 Å². The molecule has 6 heteroatoms. The Morgan fingerprint density at radius 3 is 2.93 bits per heavy atom. The summed E-state index contributed by atoms with van der Waals surface area (Å²) in [6, 6.07) is 1.40. The van der Waals surface area contributed by atoms with Crippen LogP contribution in [0.2, 0.25) is 0 Å². The highest BCUT2D eigenvalue weighted by Crippen LogP contribution is 1.98. The molecule has 0 unspecified atom stereocenters. The van der Waals surface area contributed by atoms with Crippen molar-refractivity contribution >= 4 is 11.6 Å². The maximum absolute atomic E-state index is 11.2. The van der Waals surface area contributed by atoms with Gasteiger partial charge in [-0.15, -0.1) is 0 Å². The number of nitrogens with one attached hydrogen (secondary N) is 2. The summed E-state index contributed by atoms with van der Waals surface area (Å²) in [5.41, 5.74) is 0.351. The van der Waals surface area contributed by atoms with E-state index in [9.17, 15) is 9.59 Å². The quantitative estimate of drug-likeness (QED) is 0.712. The van der Waals surface area contributed by atoms with Crippen molar-refractivity contribution in [2.24, 2.45) is 0 Å². The first-order valence-electron chi connectivity index (χ1n) is 4.58. The number of aromatic nitrogens is 2. The molecule has 0 aliphatic carbocycles. The van der Waals surface area contributed by atoms with Crippen molar-refractivity contribution in [3.63, 3.8) is 0 Å². The van der Waals surface area contributed by atoms with Crippen LogP contribution in [-0.2, 0) is 4.79 Å². The maximum Gasteiger partial charge on any atom is 0.266 e. The van der Waals surface area contributed by atoms with Gasteiger partial charge in [0.25, 0.3) is 5.56 Å². The van der Waals surface area contributed by atoms with Crippen molar-refractivity contribution in [1.29, 1.82) is 0 Å². The minimum absolute atomic E-state index is 0.0419. The average molecular weight is 210 g/mol. The fourth-order valence-electron chi connectivity index (χ4n) is 1.01. The number of hydrogen-bond acceptors (Lipinski definition) is 4. The van der Waals surface area contributed by atoms with Gasteiger partial charge in [-0.25, -0.2) is 5.10 Å². The van der Waals surface area contributed by atoms with Gasteiger partial charge in [0.1, 0.15) is 0 Å². The molecular formula is C9H14N4O2. The Morgan fingerprint density at radius 2 is 2.33 bits per heavy atom. The SMILES string of the molecule is CN(C)C(=O)CCNc1cn[nH]c(=O)c1. The van der Waals surface area contributed by atoms with Gasteiger partial charge in [-0.05, 0) is 0 Å². The van der Waals surface area contributed by atoms with Crippen LogP contribution in [0.15, 0.2) is 17.1 Å². The lowest BCUT2D eigenvalue weighted by Crippen LogP contribution is -2.24. The molecule has 1 heterocycles. The van der Waals surface area contributed by atoms with Gasteiger partial charge in [-0.3, -0.25) is 9.59 Å². The molecule has 0 radical (unpaired) electrons. The van der Waals surface area contributed by atoms with Crippen molar-refractivity contribution < 1.29 is 4.79 Å². The fourth-order valence-corrected chi connectivity index (χ4v) is 1.01. The van der Waals surface area contributed by atoms with Crippen molar-refractivity contribution in [3.8, 4) is 0 Å². The van der Waals surface area contributed by atoms with E-state index in [-0.39, 0.29) is 11.5 Å². The lowest BCUT2D eigenvalue weighted by molar-refractivity contribution is -0.128. The number of aromatic amines is 1. The van der Waals surface area contributed by atoms with Crippen molar-refractivity contribution in [1.82, 2.24) is 15.1 Å². The number of anilines is 1. The average Bonchev–Trinajstić information content (AvgIpc) is 2.17. The molecule has 1 aromatic heterocycles. The zero-order valence-electron chi connectivity index (χ0n) is 8.78. The standard InChI is InChI=1S/C9H14N4O2/c1-13(2)9(15)3-4-10-7-5-8(14)12-11-6-7/h5-6H,3-4H2,1-2H3,(H2,10,12,14). The summed E-state index contributed by atoms with van der Waals surface area (Å²) in [7, 11) is 3.41. The van der Waals surface area contributed by atoms with Crippen LogP contribution in [-0.4, -0.2) is 41.6 Å². The van der Waals surface area contributed by atoms with Crippen LogP contribution in [0.3, 0.4) is 0 Å². The number of H-pyrrole nitrogens is 1. The first-order valence-corrected chi connectivity index (χ1v) is 4.58. The summed E-state index contributed by atoms with van der Waals surface area (Å²) in [6.07, 6.45) is 1.89. The predicted octanol–water partition coefficient (Wildman–Crippen LogP) is -0.340. The summed E-state index contributed by atoms with van der Waals surface area (Å²) in [4.78, 5) is 23.6. The molecule has 1 aromatic rings. The van der Waals surface area contributed by atoms with Gasteiger partial charge in [-0.2, -0.15) is 5.10 Å². The molecule has 82 valence electrons. The van der Waals surface area contributed by atoms with Crippen LogP contribution in [0.1, 0.15) is 6.42 Å². The van der Waals surface area contributed by atoms with Gasteiger partial charge in [0.15, 0.2) is 0 Å². The number of carbonyl (C=O) groups excluding carboxylic acids is 1. The molecule has 0 fully saturated rings. The van der Waals surface area contributed by atoms with Crippen LogP contribution >= 0.6 is 0 Å². The number of rotatable bonds is 4. The van der Waals surface area contributed by atoms with E-state index in [0.717, 1.165) is 0 Å². The normalized spacial score (nSPS) is 9.73. The van der Waals surface area contributed by atoms with Crippen LogP contribution in [0.25, 0.3) is 0 Å². The predicted molar refractivity (Wildman–Crippen MR) is 56.7 cm³/mol. The number of carbonyl (C=O) groups is 1. The van der Waals surface area contributed by atoms with Gasteiger partial charge in [0.05, 0.1) is 11.9 Å². The molecule has 0 spiro atoms. The summed E-state index contributed by atoms with van der Waals surface area (Å²) >= 11 is 0. The van der Waals surface area contributed by atoms with Crippen molar-refractivity contribution in [2.45, 2.75) is 6.42 Å². The lowest BCUT2D eigenvalue weighted by Gasteiger charge is -2.10. The molecule has 0 atom stereocenters. The van der Waals surface area contributed by atoms with E-state index in [0.29, 0.717) is 18.7 Å². The summed E-state index contributed by atoms with van der Waals surface area (Å²) < 4.78 is 0. The lowest BCUT2D eigenvalue weighted by atomic mass is 10.3. The van der Waals surface area contributed by atoms with E-state index in [1.54, 1.807) is 14.1 Å². The highest BCUT2D eigenvalue weighted by molar-refractivity contribution is 5.76. The van der Waals surface area contributed by atoms with Gasteiger partial charge in [-0.1, -0.05) is 0 Å². The Balaban J connectivity index is 2.38. The van der Waals surface area contributed by atoms with Crippen LogP contribution in [0.4, 0.5) is 5.69 Å². The smallest absolute Gasteiger partial charge is 0.266 e. The molecule has 15 heavy (non-hydrogen) atoms. The Hall–Kier alpha value is -1.85. The topological polar surface area (TPSA) is 78.1 Å². The third-order valence-corrected chi connectivity index (χ3v) is 1.83. The van der Waals surface area contributed by atoms with Crippen molar-refractivity contribution in [2.75, 3.05) is 26.0 Å². The second kappa shape index (κ2) is 5.14. The highest BCUT2D eigenvalue weighted by Gasteiger charge is 2.02. The zero-order chi connectivity index (χ0) is 11.3. The van der Waals surface area contributed by atoms with E-state index in [2.05, 4.69) is 15.5 Å². The van der Waals surface area contributed by atoms with E-state index in [4.69, 9.17) is 0 Å². The minimum Gasteiger partial charge on any atom is -0.383 e. The second-order valence-corrected chi connectivity index (χ2v) is 3.30. The maximum atomic E-state index is 11.2.